The van der Waals surface area contributed by atoms with Crippen molar-refractivity contribution in [3.63, 3.8) is 0 Å². The van der Waals surface area contributed by atoms with Crippen LogP contribution in [0.15, 0.2) is 60.7 Å². The Balaban J connectivity index is 1.18. The van der Waals surface area contributed by atoms with Gasteiger partial charge in [0.05, 0.1) is 5.92 Å². The average molecular weight is 445 g/mol. The predicted octanol–water partition coefficient (Wildman–Crippen LogP) is 3.82. The standard InChI is InChI=1S/C27H28N2O4/c30-26(28-13-12-19-10-11-24-25(17-19)33-16-15-32-24)21-7-4-14-29(18-21)27(31)23-9-3-6-20-5-1-2-8-22(20)23/h1-3,5-6,8-11,17,21H,4,7,12-16,18H2,(H,28,30)/t21-/m0/s1. The van der Waals surface area contributed by atoms with E-state index in [0.29, 0.717) is 44.8 Å². The summed E-state index contributed by atoms with van der Waals surface area (Å²) in [6.07, 6.45) is 2.35. The van der Waals surface area contributed by atoms with Gasteiger partial charge in [-0.2, -0.15) is 0 Å². The van der Waals surface area contributed by atoms with Gasteiger partial charge in [-0.15, -0.1) is 0 Å². The van der Waals surface area contributed by atoms with Gasteiger partial charge in [0.1, 0.15) is 13.2 Å². The maximum absolute atomic E-state index is 13.3. The van der Waals surface area contributed by atoms with Gasteiger partial charge >= 0.3 is 0 Å². The maximum Gasteiger partial charge on any atom is 0.254 e. The van der Waals surface area contributed by atoms with Gasteiger partial charge in [0.2, 0.25) is 5.91 Å². The Hall–Kier alpha value is -3.54. The third-order valence-corrected chi connectivity index (χ3v) is 6.42. The number of fused-ring (bicyclic) bond motifs is 2. The Kier molecular flexibility index (Phi) is 6.15. The van der Waals surface area contributed by atoms with Crippen molar-refractivity contribution in [2.75, 3.05) is 32.8 Å². The normalized spacial score (nSPS) is 17.6. The van der Waals surface area contributed by atoms with E-state index in [2.05, 4.69) is 5.32 Å². The number of rotatable bonds is 5. The quantitative estimate of drug-likeness (QED) is 0.650. The first-order chi connectivity index (χ1) is 16.2. The molecule has 3 aromatic rings. The SMILES string of the molecule is O=C(NCCc1ccc2c(c1)OCCO2)[C@H]1CCCN(C(=O)c2cccc3ccccc23)C1. The minimum atomic E-state index is -0.182. The number of hydrogen-bond donors (Lipinski definition) is 1. The fourth-order valence-electron chi connectivity index (χ4n) is 4.68. The number of nitrogens with one attached hydrogen (secondary N) is 1. The molecule has 0 aliphatic carbocycles. The molecule has 6 heteroatoms. The summed E-state index contributed by atoms with van der Waals surface area (Å²) in [4.78, 5) is 27.9. The summed E-state index contributed by atoms with van der Waals surface area (Å²) in [5.41, 5.74) is 1.80. The number of ether oxygens (including phenoxy) is 2. The minimum Gasteiger partial charge on any atom is -0.486 e. The second-order valence-electron chi connectivity index (χ2n) is 8.64. The molecule has 170 valence electrons. The van der Waals surface area contributed by atoms with Crippen molar-refractivity contribution in [1.82, 2.24) is 10.2 Å². The molecule has 0 spiro atoms. The van der Waals surface area contributed by atoms with E-state index in [-0.39, 0.29) is 17.7 Å². The van der Waals surface area contributed by atoms with Gasteiger partial charge in [0, 0.05) is 25.2 Å². The first-order valence-electron chi connectivity index (χ1n) is 11.6. The van der Waals surface area contributed by atoms with Gasteiger partial charge < -0.3 is 19.7 Å². The van der Waals surface area contributed by atoms with Crippen LogP contribution in [0.1, 0.15) is 28.8 Å². The lowest BCUT2D eigenvalue weighted by Gasteiger charge is -2.32. The molecule has 1 fully saturated rings. The monoisotopic (exact) mass is 444 g/mol. The molecule has 6 nitrogen and oxygen atoms in total. The highest BCUT2D eigenvalue weighted by Crippen LogP contribution is 2.31. The predicted molar refractivity (Wildman–Crippen MR) is 127 cm³/mol. The van der Waals surface area contributed by atoms with Crippen molar-refractivity contribution in [2.45, 2.75) is 19.3 Å². The lowest BCUT2D eigenvalue weighted by Crippen LogP contribution is -2.45. The van der Waals surface area contributed by atoms with Gasteiger partial charge in [0.25, 0.3) is 5.91 Å². The van der Waals surface area contributed by atoms with Crippen molar-refractivity contribution in [3.05, 3.63) is 71.8 Å². The van der Waals surface area contributed by atoms with Gasteiger partial charge in [-0.25, -0.2) is 0 Å². The average Bonchev–Trinajstić information content (AvgIpc) is 2.88. The summed E-state index contributed by atoms with van der Waals surface area (Å²) in [5.74, 6) is 1.37. The second kappa shape index (κ2) is 9.53. The Morgan fingerprint density at radius 1 is 0.970 bits per heavy atom. The van der Waals surface area contributed by atoms with Gasteiger partial charge in [-0.3, -0.25) is 9.59 Å². The lowest BCUT2D eigenvalue weighted by atomic mass is 9.95. The number of hydrogen-bond acceptors (Lipinski definition) is 4. The third kappa shape index (κ3) is 4.65. The smallest absolute Gasteiger partial charge is 0.254 e. The summed E-state index contributed by atoms with van der Waals surface area (Å²) in [5, 5.41) is 5.07. The summed E-state index contributed by atoms with van der Waals surface area (Å²) < 4.78 is 11.2. The Morgan fingerprint density at radius 3 is 2.70 bits per heavy atom. The molecule has 0 bridgehead atoms. The molecule has 0 saturated carbocycles. The van der Waals surface area contributed by atoms with Crippen LogP contribution in [0.25, 0.3) is 10.8 Å². The maximum atomic E-state index is 13.3. The zero-order chi connectivity index (χ0) is 22.6. The first-order valence-corrected chi connectivity index (χ1v) is 11.6. The summed E-state index contributed by atoms with van der Waals surface area (Å²) in [6.45, 7) is 2.82. The zero-order valence-electron chi connectivity index (χ0n) is 18.6. The van der Waals surface area contributed by atoms with Gasteiger partial charge in [0.15, 0.2) is 11.5 Å². The highest BCUT2D eigenvalue weighted by atomic mass is 16.6. The van der Waals surface area contributed by atoms with E-state index >= 15 is 0 Å². The molecule has 5 rings (SSSR count). The Labute approximate surface area is 193 Å². The summed E-state index contributed by atoms with van der Waals surface area (Å²) in [6, 6.07) is 19.6. The molecule has 0 aromatic heterocycles. The van der Waals surface area contributed by atoms with Crippen molar-refractivity contribution in [2.24, 2.45) is 5.92 Å². The van der Waals surface area contributed by atoms with Crippen LogP contribution in [0.2, 0.25) is 0 Å². The molecule has 1 N–H and O–H groups in total. The van der Waals surface area contributed by atoms with Crippen LogP contribution < -0.4 is 14.8 Å². The lowest BCUT2D eigenvalue weighted by molar-refractivity contribution is -0.126. The summed E-state index contributed by atoms with van der Waals surface area (Å²) in [7, 11) is 0. The topological polar surface area (TPSA) is 67.9 Å². The van der Waals surface area contributed by atoms with Crippen molar-refractivity contribution in [3.8, 4) is 11.5 Å². The van der Waals surface area contributed by atoms with E-state index in [1.807, 2.05) is 65.6 Å². The summed E-state index contributed by atoms with van der Waals surface area (Å²) >= 11 is 0. The Morgan fingerprint density at radius 2 is 1.79 bits per heavy atom. The van der Waals surface area contributed by atoms with E-state index in [0.717, 1.165) is 40.7 Å². The third-order valence-electron chi connectivity index (χ3n) is 6.42. The van der Waals surface area contributed by atoms with E-state index in [1.54, 1.807) is 0 Å². The molecule has 0 unspecified atom stereocenters. The van der Waals surface area contributed by atoms with Crippen LogP contribution in [-0.4, -0.2) is 49.6 Å². The first kappa shape index (κ1) is 21.3. The van der Waals surface area contributed by atoms with Crippen LogP contribution >= 0.6 is 0 Å². The molecule has 1 atom stereocenters. The molecule has 1 saturated heterocycles. The molecule has 2 aliphatic heterocycles. The number of piperidine rings is 1. The van der Waals surface area contributed by atoms with Crippen LogP contribution in [0.5, 0.6) is 11.5 Å². The van der Waals surface area contributed by atoms with Crippen molar-refractivity contribution < 1.29 is 19.1 Å². The molecule has 33 heavy (non-hydrogen) atoms. The highest BCUT2D eigenvalue weighted by Gasteiger charge is 2.29. The van der Waals surface area contributed by atoms with Crippen molar-refractivity contribution >= 4 is 22.6 Å². The number of carbonyl (C=O) groups is 2. The molecular formula is C27H28N2O4. The van der Waals surface area contributed by atoms with Crippen molar-refractivity contribution in [1.29, 1.82) is 0 Å². The number of amides is 2. The van der Waals surface area contributed by atoms with Crippen LogP contribution in [-0.2, 0) is 11.2 Å². The number of benzene rings is 3. The van der Waals surface area contributed by atoms with Gasteiger partial charge in [-0.05, 0) is 53.8 Å². The largest absolute Gasteiger partial charge is 0.486 e. The molecular weight excluding hydrogens is 416 g/mol. The molecule has 2 aliphatic rings. The van der Waals surface area contributed by atoms with E-state index < -0.39 is 0 Å². The van der Waals surface area contributed by atoms with Crippen LogP contribution in [0.4, 0.5) is 0 Å². The number of likely N-dealkylation sites (tertiary alicyclic amines) is 1. The second-order valence-corrected chi connectivity index (χ2v) is 8.64. The van der Waals surface area contributed by atoms with E-state index in [9.17, 15) is 9.59 Å². The Bertz CT molecular complexity index is 1170. The van der Waals surface area contributed by atoms with E-state index in [1.165, 1.54) is 0 Å². The zero-order valence-corrected chi connectivity index (χ0v) is 18.6. The van der Waals surface area contributed by atoms with Crippen LogP contribution in [0, 0.1) is 5.92 Å². The minimum absolute atomic E-state index is 0.000535. The fourth-order valence-corrected chi connectivity index (χ4v) is 4.68. The molecule has 2 heterocycles. The molecule has 0 radical (unpaired) electrons. The number of carbonyl (C=O) groups excluding carboxylic acids is 2. The highest BCUT2D eigenvalue weighted by molar-refractivity contribution is 6.07. The fraction of sp³-hybridized carbons (Fsp3) is 0.333. The van der Waals surface area contributed by atoms with Crippen LogP contribution in [0.3, 0.4) is 0 Å². The molecule has 3 aromatic carbocycles. The number of nitrogens with zero attached hydrogens (tertiary/aromatic N) is 1. The van der Waals surface area contributed by atoms with Gasteiger partial charge in [-0.1, -0.05) is 42.5 Å². The molecule has 2 amide bonds. The van der Waals surface area contributed by atoms with E-state index in [4.69, 9.17) is 9.47 Å².